The summed E-state index contributed by atoms with van der Waals surface area (Å²) in [5.74, 6) is 0.451. The Morgan fingerprint density at radius 2 is 1.85 bits per heavy atom. The van der Waals surface area contributed by atoms with Crippen molar-refractivity contribution in [3.8, 4) is 5.75 Å². The minimum Gasteiger partial charge on any atom is -0.497 e. The van der Waals surface area contributed by atoms with E-state index in [-0.39, 0.29) is 18.9 Å². The van der Waals surface area contributed by atoms with Crippen LogP contribution in [0.15, 0.2) is 42.5 Å². The van der Waals surface area contributed by atoms with Crippen molar-refractivity contribution in [3.63, 3.8) is 0 Å². The largest absolute Gasteiger partial charge is 0.497 e. The molecule has 0 unspecified atom stereocenters. The molecule has 0 saturated heterocycles. The molecule has 0 saturated carbocycles. The summed E-state index contributed by atoms with van der Waals surface area (Å²) in [4.78, 5) is 12.2. The molecule has 27 heavy (non-hydrogen) atoms. The first-order chi connectivity index (χ1) is 12.7. The van der Waals surface area contributed by atoms with Crippen LogP contribution >= 0.6 is 11.6 Å². The predicted molar refractivity (Wildman–Crippen MR) is 109 cm³/mol. The third-order valence-electron chi connectivity index (χ3n) is 4.00. The molecule has 0 aliphatic rings. The second-order valence-corrected chi connectivity index (χ2v) is 8.49. The highest BCUT2D eigenvalue weighted by Crippen LogP contribution is 2.23. The summed E-state index contributed by atoms with van der Waals surface area (Å²) in [5, 5.41) is 3.35. The molecule has 1 N–H and O–H groups in total. The Labute approximate surface area is 165 Å². The quantitative estimate of drug-likeness (QED) is 0.717. The minimum absolute atomic E-state index is 0.189. The normalized spacial score (nSPS) is 11.1. The third-order valence-corrected chi connectivity index (χ3v) is 5.43. The smallest absolute Gasteiger partial charge is 0.232 e. The lowest BCUT2D eigenvalue weighted by Crippen LogP contribution is -2.31. The Bertz CT molecular complexity index is 898. The molecular formula is C19H23ClN2O4S. The van der Waals surface area contributed by atoms with E-state index in [1.165, 1.54) is 4.31 Å². The monoisotopic (exact) mass is 410 g/mol. The number of ether oxygens (including phenoxy) is 1. The summed E-state index contributed by atoms with van der Waals surface area (Å²) in [7, 11) is -1.92. The van der Waals surface area contributed by atoms with Crippen LogP contribution in [0.5, 0.6) is 5.75 Å². The third kappa shape index (κ3) is 6.15. The molecule has 0 aliphatic carbocycles. The van der Waals surface area contributed by atoms with E-state index in [9.17, 15) is 13.2 Å². The molecule has 8 heteroatoms. The molecule has 0 radical (unpaired) electrons. The topological polar surface area (TPSA) is 75.7 Å². The molecule has 146 valence electrons. The molecule has 2 aromatic rings. The lowest BCUT2D eigenvalue weighted by molar-refractivity contribution is -0.116. The zero-order valence-corrected chi connectivity index (χ0v) is 17.1. The minimum atomic E-state index is -3.46. The van der Waals surface area contributed by atoms with Gasteiger partial charge in [-0.2, -0.15) is 0 Å². The molecule has 2 rings (SSSR count). The average molecular weight is 411 g/mol. The SMILES string of the molecule is COc1ccc(N(CCCC(=O)Nc2cc(Cl)ccc2C)S(C)(=O)=O)cc1. The first-order valence-corrected chi connectivity index (χ1v) is 10.6. The predicted octanol–water partition coefficient (Wildman–Crippen LogP) is 3.84. The Hall–Kier alpha value is -2.25. The standard InChI is InChI=1S/C19H23ClN2O4S/c1-14-6-7-15(20)13-18(14)21-19(23)5-4-12-22(27(3,24)25)16-8-10-17(26-2)11-9-16/h6-11,13H,4-5,12H2,1-3H3,(H,21,23). The molecular weight excluding hydrogens is 388 g/mol. The summed E-state index contributed by atoms with van der Waals surface area (Å²) < 4.78 is 30.6. The van der Waals surface area contributed by atoms with Gasteiger partial charge < -0.3 is 10.1 Å². The van der Waals surface area contributed by atoms with Crippen molar-refractivity contribution in [2.24, 2.45) is 0 Å². The van der Waals surface area contributed by atoms with Gasteiger partial charge in [0, 0.05) is 23.7 Å². The molecule has 6 nitrogen and oxygen atoms in total. The number of sulfonamides is 1. The lowest BCUT2D eigenvalue weighted by atomic mass is 10.2. The Balaban J connectivity index is 1.98. The molecule has 0 atom stereocenters. The van der Waals surface area contributed by atoms with Gasteiger partial charge in [0.05, 0.1) is 19.1 Å². The van der Waals surface area contributed by atoms with Gasteiger partial charge in [0.2, 0.25) is 15.9 Å². The van der Waals surface area contributed by atoms with Crippen LogP contribution in [0.3, 0.4) is 0 Å². The summed E-state index contributed by atoms with van der Waals surface area (Å²) in [6.07, 6.45) is 1.71. The van der Waals surface area contributed by atoms with Crippen LogP contribution in [-0.4, -0.2) is 34.2 Å². The number of nitrogens with zero attached hydrogens (tertiary/aromatic N) is 1. The maximum atomic E-state index is 12.2. The van der Waals surface area contributed by atoms with E-state index in [1.807, 2.05) is 13.0 Å². The van der Waals surface area contributed by atoms with Crippen molar-refractivity contribution in [3.05, 3.63) is 53.1 Å². The lowest BCUT2D eigenvalue weighted by Gasteiger charge is -2.22. The summed E-state index contributed by atoms with van der Waals surface area (Å²) in [6.45, 7) is 2.08. The van der Waals surface area contributed by atoms with E-state index in [4.69, 9.17) is 16.3 Å². The van der Waals surface area contributed by atoms with E-state index in [0.29, 0.717) is 28.6 Å². The highest BCUT2D eigenvalue weighted by atomic mass is 35.5. The van der Waals surface area contributed by atoms with Gasteiger partial charge in [0.15, 0.2) is 0 Å². The molecule has 0 fully saturated rings. The molecule has 0 spiro atoms. The van der Waals surface area contributed by atoms with Crippen LogP contribution in [0.2, 0.25) is 5.02 Å². The van der Waals surface area contributed by atoms with Gasteiger partial charge in [-0.25, -0.2) is 8.42 Å². The number of carbonyl (C=O) groups excluding carboxylic acids is 1. The highest BCUT2D eigenvalue weighted by Gasteiger charge is 2.18. The van der Waals surface area contributed by atoms with Gasteiger partial charge in [-0.05, 0) is 55.3 Å². The zero-order chi connectivity index (χ0) is 20.0. The van der Waals surface area contributed by atoms with Gasteiger partial charge in [-0.1, -0.05) is 17.7 Å². The van der Waals surface area contributed by atoms with Crippen LogP contribution in [-0.2, 0) is 14.8 Å². The Kier molecular flexibility index (Phi) is 7.10. The van der Waals surface area contributed by atoms with E-state index in [1.54, 1.807) is 43.5 Å². The fourth-order valence-electron chi connectivity index (χ4n) is 2.56. The molecule has 0 bridgehead atoms. The number of rotatable bonds is 8. The van der Waals surface area contributed by atoms with Crippen LogP contribution in [0.1, 0.15) is 18.4 Å². The maximum absolute atomic E-state index is 12.2. The summed E-state index contributed by atoms with van der Waals surface area (Å²) in [5.41, 5.74) is 2.09. The number of amides is 1. The van der Waals surface area contributed by atoms with Crippen molar-refractivity contribution in [1.29, 1.82) is 0 Å². The number of benzene rings is 2. The zero-order valence-electron chi connectivity index (χ0n) is 15.5. The van der Waals surface area contributed by atoms with Crippen LogP contribution < -0.4 is 14.4 Å². The summed E-state index contributed by atoms with van der Waals surface area (Å²) >= 11 is 5.95. The van der Waals surface area contributed by atoms with Gasteiger partial charge in [-0.15, -0.1) is 0 Å². The van der Waals surface area contributed by atoms with Gasteiger partial charge >= 0.3 is 0 Å². The van der Waals surface area contributed by atoms with Crippen molar-refractivity contribution < 1.29 is 17.9 Å². The van der Waals surface area contributed by atoms with Crippen LogP contribution in [0.25, 0.3) is 0 Å². The number of aryl methyl sites for hydroxylation is 1. The van der Waals surface area contributed by atoms with Gasteiger partial charge in [0.1, 0.15) is 5.75 Å². The van der Waals surface area contributed by atoms with Crippen LogP contribution in [0.4, 0.5) is 11.4 Å². The average Bonchev–Trinajstić information content (AvgIpc) is 2.61. The molecule has 0 aliphatic heterocycles. The van der Waals surface area contributed by atoms with E-state index < -0.39 is 10.0 Å². The first kappa shape index (κ1) is 21.1. The second kappa shape index (κ2) is 9.10. The number of methoxy groups -OCH3 is 1. The fourth-order valence-corrected chi connectivity index (χ4v) is 3.70. The van der Waals surface area contributed by atoms with E-state index in [0.717, 1.165) is 11.8 Å². The van der Waals surface area contributed by atoms with Crippen molar-refractivity contribution in [1.82, 2.24) is 0 Å². The number of hydrogen-bond donors (Lipinski definition) is 1. The number of nitrogens with one attached hydrogen (secondary N) is 1. The molecule has 1 amide bonds. The first-order valence-electron chi connectivity index (χ1n) is 8.38. The Morgan fingerprint density at radius 1 is 1.19 bits per heavy atom. The van der Waals surface area contributed by atoms with Crippen molar-refractivity contribution in [2.75, 3.05) is 29.5 Å². The van der Waals surface area contributed by atoms with Crippen molar-refractivity contribution in [2.45, 2.75) is 19.8 Å². The van der Waals surface area contributed by atoms with Crippen molar-refractivity contribution >= 4 is 38.9 Å². The van der Waals surface area contributed by atoms with E-state index >= 15 is 0 Å². The second-order valence-electron chi connectivity index (χ2n) is 6.14. The number of halogens is 1. The van der Waals surface area contributed by atoms with E-state index in [2.05, 4.69) is 5.32 Å². The number of carbonyl (C=O) groups is 1. The Morgan fingerprint density at radius 3 is 2.44 bits per heavy atom. The van der Waals surface area contributed by atoms with Crippen LogP contribution in [0, 0.1) is 6.92 Å². The number of hydrogen-bond acceptors (Lipinski definition) is 4. The molecule has 2 aromatic carbocycles. The molecule has 0 heterocycles. The number of anilines is 2. The van der Waals surface area contributed by atoms with Gasteiger partial charge in [0.25, 0.3) is 0 Å². The fraction of sp³-hybridized carbons (Fsp3) is 0.316. The summed E-state index contributed by atoms with van der Waals surface area (Å²) in [6, 6.07) is 12.0. The highest BCUT2D eigenvalue weighted by molar-refractivity contribution is 7.92. The molecule has 0 aromatic heterocycles. The maximum Gasteiger partial charge on any atom is 0.232 e. The van der Waals surface area contributed by atoms with Gasteiger partial charge in [-0.3, -0.25) is 9.10 Å².